The lowest BCUT2D eigenvalue weighted by atomic mass is 10.1. The van der Waals surface area contributed by atoms with Gasteiger partial charge in [0.15, 0.2) is 18.9 Å². The van der Waals surface area contributed by atoms with Crippen LogP contribution in [0.4, 0.5) is 0 Å². The molecule has 0 unspecified atom stereocenters. The largest absolute Gasteiger partial charge is 0.493 e. The molecular formula is C27H33N2O8P. The molecule has 0 radical (unpaired) electrons. The van der Waals surface area contributed by atoms with Gasteiger partial charge in [-0.1, -0.05) is 0 Å². The number of carbonyl (C=O) groups excluding carboxylic acids is 4. The van der Waals surface area contributed by atoms with E-state index in [0.717, 1.165) is 5.06 Å². The van der Waals surface area contributed by atoms with Gasteiger partial charge in [0.1, 0.15) is 11.5 Å². The van der Waals surface area contributed by atoms with Crippen LogP contribution in [0.5, 0.6) is 11.5 Å². The van der Waals surface area contributed by atoms with Crippen LogP contribution in [0.25, 0.3) is 0 Å². The van der Waals surface area contributed by atoms with E-state index in [4.69, 9.17) is 14.3 Å². The van der Waals surface area contributed by atoms with Gasteiger partial charge in [-0.25, -0.2) is 4.79 Å². The number of Topliss-reactive ketones (excluding diaryl/α,β-unsaturated/α-hetero) is 2. The lowest BCUT2D eigenvalue weighted by Crippen LogP contribution is -2.30. The molecule has 2 aromatic carbocycles. The first-order valence-corrected chi connectivity index (χ1v) is 14.5. The smallest absolute Gasteiger partial charge is 0.333 e. The van der Waals surface area contributed by atoms with Crippen molar-refractivity contribution >= 4 is 30.7 Å². The summed E-state index contributed by atoms with van der Waals surface area (Å²) in [5, 5.41) is 4.05. The first-order valence-electron chi connectivity index (χ1n) is 12.5. The van der Waals surface area contributed by atoms with Crippen molar-refractivity contribution in [2.24, 2.45) is 0 Å². The fourth-order valence-electron chi connectivity index (χ4n) is 3.71. The number of hydrogen-bond donors (Lipinski definition) is 1. The normalized spacial score (nSPS) is 13.3. The SMILES string of the molecule is CC(=O)c1ccc(OCCP(=O)(CCOc2ccc(C(C)=O)cc2)NCCC(=O)ON2CCCC2=O)cc1. The summed E-state index contributed by atoms with van der Waals surface area (Å²) < 4.78 is 25.1. The first-order chi connectivity index (χ1) is 18.1. The summed E-state index contributed by atoms with van der Waals surface area (Å²) in [5.41, 5.74) is 1.14. The van der Waals surface area contributed by atoms with E-state index in [1.165, 1.54) is 13.8 Å². The van der Waals surface area contributed by atoms with E-state index in [9.17, 15) is 23.7 Å². The maximum absolute atomic E-state index is 13.7. The van der Waals surface area contributed by atoms with Crippen LogP contribution in [-0.4, -0.2) is 67.1 Å². The van der Waals surface area contributed by atoms with Crippen molar-refractivity contribution in [3.05, 3.63) is 59.7 Å². The molecule has 1 aliphatic heterocycles. The fourth-order valence-corrected chi connectivity index (χ4v) is 5.55. The second kappa shape index (κ2) is 13.9. The molecule has 0 bridgehead atoms. The molecule has 1 amide bonds. The summed E-state index contributed by atoms with van der Waals surface area (Å²) in [5.74, 6) is 0.189. The summed E-state index contributed by atoms with van der Waals surface area (Å²) in [7, 11) is -3.04. The Balaban J connectivity index is 1.53. The molecule has 2 aromatic rings. The predicted molar refractivity (Wildman–Crippen MR) is 141 cm³/mol. The van der Waals surface area contributed by atoms with Crippen molar-refractivity contribution in [2.75, 3.05) is 38.6 Å². The van der Waals surface area contributed by atoms with Crippen molar-refractivity contribution in [1.82, 2.24) is 10.2 Å². The highest BCUT2D eigenvalue weighted by Crippen LogP contribution is 2.40. The fraction of sp³-hybridized carbons (Fsp3) is 0.407. The number of nitrogens with one attached hydrogen (secondary N) is 1. The van der Waals surface area contributed by atoms with Crippen molar-refractivity contribution in [3.63, 3.8) is 0 Å². The van der Waals surface area contributed by atoms with Crippen LogP contribution in [0.2, 0.25) is 0 Å². The zero-order valence-electron chi connectivity index (χ0n) is 21.6. The highest BCUT2D eigenvalue weighted by Gasteiger charge is 2.26. The van der Waals surface area contributed by atoms with Gasteiger partial charge in [-0.05, 0) is 68.8 Å². The van der Waals surface area contributed by atoms with E-state index in [-0.39, 0.29) is 56.0 Å². The average Bonchev–Trinajstić information content (AvgIpc) is 3.28. The van der Waals surface area contributed by atoms with Crippen LogP contribution in [0.1, 0.15) is 53.8 Å². The number of benzene rings is 2. The molecule has 11 heteroatoms. The van der Waals surface area contributed by atoms with Crippen LogP contribution in [0.3, 0.4) is 0 Å². The highest BCUT2D eigenvalue weighted by molar-refractivity contribution is 7.61. The summed E-state index contributed by atoms with van der Waals surface area (Å²) in [4.78, 5) is 51.8. The number of hydrogen-bond acceptors (Lipinski definition) is 8. The van der Waals surface area contributed by atoms with Gasteiger partial charge in [0.25, 0.3) is 5.91 Å². The molecule has 204 valence electrons. The molecule has 10 nitrogen and oxygen atoms in total. The Kier molecular flexibility index (Phi) is 10.6. The van der Waals surface area contributed by atoms with E-state index in [1.54, 1.807) is 48.5 Å². The minimum atomic E-state index is -3.04. The summed E-state index contributed by atoms with van der Waals surface area (Å²) in [6.07, 6.45) is 1.29. The highest BCUT2D eigenvalue weighted by atomic mass is 31.2. The van der Waals surface area contributed by atoms with Crippen LogP contribution in [0.15, 0.2) is 48.5 Å². The molecule has 0 aliphatic carbocycles. The lowest BCUT2D eigenvalue weighted by molar-refractivity contribution is -0.192. The molecular weight excluding hydrogens is 511 g/mol. The molecule has 1 fully saturated rings. The number of ether oxygens (including phenoxy) is 2. The van der Waals surface area contributed by atoms with Crippen molar-refractivity contribution < 1.29 is 38.1 Å². The Labute approximate surface area is 222 Å². The second-order valence-corrected chi connectivity index (χ2v) is 11.9. The minimum Gasteiger partial charge on any atom is -0.493 e. The van der Waals surface area contributed by atoms with Crippen molar-refractivity contribution in [1.29, 1.82) is 0 Å². The Morgan fingerprint density at radius 2 is 1.37 bits per heavy atom. The van der Waals surface area contributed by atoms with Gasteiger partial charge in [-0.2, -0.15) is 5.06 Å². The Hall–Kier alpha value is -3.49. The maximum Gasteiger partial charge on any atom is 0.333 e. The number of ketones is 2. The number of rotatable bonds is 15. The second-order valence-electron chi connectivity index (χ2n) is 8.92. The van der Waals surface area contributed by atoms with Gasteiger partial charge in [-0.15, -0.1) is 0 Å². The molecule has 1 N–H and O–H groups in total. The lowest BCUT2D eigenvalue weighted by Gasteiger charge is -2.21. The van der Waals surface area contributed by atoms with E-state index in [0.29, 0.717) is 42.0 Å². The predicted octanol–water partition coefficient (Wildman–Crippen LogP) is 3.89. The third-order valence-corrected chi connectivity index (χ3v) is 8.55. The summed E-state index contributed by atoms with van der Waals surface area (Å²) >= 11 is 0. The van der Waals surface area contributed by atoms with Gasteiger partial charge in [0, 0.05) is 36.4 Å². The topological polar surface area (TPSA) is 128 Å². The van der Waals surface area contributed by atoms with E-state index < -0.39 is 13.3 Å². The van der Waals surface area contributed by atoms with Gasteiger partial charge in [0.05, 0.1) is 26.2 Å². The third-order valence-electron chi connectivity index (χ3n) is 5.94. The van der Waals surface area contributed by atoms with E-state index in [1.807, 2.05) is 0 Å². The first kappa shape index (κ1) is 29.1. The molecule has 3 rings (SSSR count). The summed E-state index contributed by atoms with van der Waals surface area (Å²) in [6.45, 7) is 3.73. The minimum absolute atomic E-state index is 0.0474. The molecule has 1 heterocycles. The Morgan fingerprint density at radius 3 is 1.79 bits per heavy atom. The van der Waals surface area contributed by atoms with Crippen LogP contribution in [-0.2, 0) is 19.0 Å². The monoisotopic (exact) mass is 544 g/mol. The van der Waals surface area contributed by atoms with Gasteiger partial charge in [0.2, 0.25) is 0 Å². The quantitative estimate of drug-likeness (QED) is 0.262. The standard InChI is InChI=1S/C27H33N2O8P/c1-20(30)22-5-9-24(10-6-22)35-16-18-38(34,19-17-36-25-11-7-23(8-12-25)21(2)31)28-14-13-27(33)37-29-15-3-4-26(29)32/h5-12H,3-4,13-19H2,1-2H3,(H,28,34). The molecule has 0 aromatic heterocycles. The van der Waals surface area contributed by atoms with E-state index >= 15 is 0 Å². The van der Waals surface area contributed by atoms with Gasteiger partial charge >= 0.3 is 5.97 Å². The Morgan fingerprint density at radius 1 is 0.868 bits per heavy atom. The molecule has 1 aliphatic rings. The number of amides is 1. The zero-order valence-corrected chi connectivity index (χ0v) is 22.5. The third kappa shape index (κ3) is 9.11. The zero-order chi connectivity index (χ0) is 27.5. The van der Waals surface area contributed by atoms with Crippen LogP contribution < -0.4 is 14.6 Å². The van der Waals surface area contributed by atoms with Gasteiger partial charge in [-0.3, -0.25) is 19.5 Å². The number of carbonyl (C=O) groups is 4. The van der Waals surface area contributed by atoms with Crippen LogP contribution >= 0.6 is 7.29 Å². The Bertz CT molecular complexity index is 1110. The van der Waals surface area contributed by atoms with Crippen LogP contribution in [0, 0.1) is 0 Å². The summed E-state index contributed by atoms with van der Waals surface area (Å²) in [6, 6.07) is 13.4. The molecule has 0 saturated carbocycles. The maximum atomic E-state index is 13.7. The molecule has 0 spiro atoms. The number of nitrogens with zero attached hydrogens (tertiary/aromatic N) is 1. The van der Waals surface area contributed by atoms with Crippen molar-refractivity contribution in [3.8, 4) is 11.5 Å². The molecule has 0 atom stereocenters. The van der Waals surface area contributed by atoms with Gasteiger partial charge < -0.3 is 18.9 Å². The van der Waals surface area contributed by atoms with Crippen molar-refractivity contribution in [2.45, 2.75) is 33.1 Å². The van der Waals surface area contributed by atoms with E-state index in [2.05, 4.69) is 5.09 Å². The average molecular weight is 545 g/mol. The number of hydroxylamine groups is 2. The molecule has 1 saturated heterocycles. The molecule has 38 heavy (non-hydrogen) atoms.